The van der Waals surface area contributed by atoms with Gasteiger partial charge in [-0.3, -0.25) is 9.47 Å². The lowest BCUT2D eigenvalue weighted by atomic mass is 9.99. The van der Waals surface area contributed by atoms with E-state index in [9.17, 15) is 9.90 Å². The number of benzene rings is 2. The molecule has 0 atom stereocenters. The molecule has 1 saturated heterocycles. The van der Waals surface area contributed by atoms with Crippen molar-refractivity contribution >= 4 is 28.9 Å². The highest BCUT2D eigenvalue weighted by Gasteiger charge is 2.27. The van der Waals surface area contributed by atoms with Crippen molar-refractivity contribution in [2.45, 2.75) is 33.2 Å². The van der Waals surface area contributed by atoms with Gasteiger partial charge in [-0.05, 0) is 63.6 Å². The largest absolute Gasteiger partial charge is 0.505 e. The number of imidazole rings is 1. The van der Waals surface area contributed by atoms with Crippen molar-refractivity contribution in [3.8, 4) is 33.8 Å². The number of piperazine rings is 1. The molecular weight excluding hydrogens is 533 g/mol. The van der Waals surface area contributed by atoms with E-state index in [1.54, 1.807) is 31.6 Å². The van der Waals surface area contributed by atoms with Crippen LogP contribution in [0.3, 0.4) is 0 Å². The second-order valence-electron chi connectivity index (χ2n) is 11.0. The maximum absolute atomic E-state index is 12.4. The van der Waals surface area contributed by atoms with Crippen molar-refractivity contribution in [1.82, 2.24) is 19.0 Å². The third kappa shape index (κ3) is 5.31. The zero-order valence-corrected chi connectivity index (χ0v) is 24.4. The van der Waals surface area contributed by atoms with Gasteiger partial charge in [0.2, 0.25) is 0 Å². The van der Waals surface area contributed by atoms with Gasteiger partial charge in [-0.1, -0.05) is 35.3 Å². The topological polar surface area (TPSA) is 66.5 Å². The van der Waals surface area contributed by atoms with E-state index in [1.807, 2.05) is 37.3 Å². The van der Waals surface area contributed by atoms with Crippen molar-refractivity contribution in [3.63, 3.8) is 0 Å². The molecule has 2 aromatic heterocycles. The molecule has 0 spiro atoms. The standard InChI is InChI=1S/C30H33Cl2N5O2/c1-19-16-22(20-7-9-25(24(32)17-20)37-15-10-34(5)29(37)39)28(38)27(33-19)21-6-8-23(31)26(18-21)35-11-13-36(14-12-35)30(2,3)4/h6-10,15-18,38H,11-14H2,1-5H3. The Hall–Kier alpha value is -3.26. The third-order valence-corrected chi connectivity index (χ3v) is 8.00. The van der Waals surface area contributed by atoms with E-state index in [0.717, 1.165) is 48.7 Å². The van der Waals surface area contributed by atoms with Gasteiger partial charge in [0.05, 0.1) is 21.4 Å². The van der Waals surface area contributed by atoms with Gasteiger partial charge in [-0.2, -0.15) is 0 Å². The third-order valence-electron chi connectivity index (χ3n) is 7.37. The SMILES string of the molecule is Cc1cc(-c2ccc(-n3ccn(C)c3=O)c(Cl)c2)c(O)c(-c2ccc(Cl)c(N3CCN(C(C)(C)C)CC3)c2)n1. The Bertz CT molecular complexity index is 1590. The summed E-state index contributed by atoms with van der Waals surface area (Å²) in [6.45, 7) is 12.3. The number of nitrogens with zero attached hydrogens (tertiary/aromatic N) is 5. The average Bonchev–Trinajstić information content (AvgIpc) is 3.22. The summed E-state index contributed by atoms with van der Waals surface area (Å²) in [6.07, 6.45) is 3.36. The van der Waals surface area contributed by atoms with Crippen molar-refractivity contribution < 1.29 is 5.11 Å². The number of aryl methyl sites for hydroxylation is 2. The van der Waals surface area contributed by atoms with E-state index in [1.165, 1.54) is 9.13 Å². The van der Waals surface area contributed by atoms with E-state index in [0.29, 0.717) is 27.0 Å². The molecule has 1 fully saturated rings. The first-order valence-corrected chi connectivity index (χ1v) is 13.7. The van der Waals surface area contributed by atoms with Gasteiger partial charge in [-0.25, -0.2) is 9.78 Å². The number of aromatic nitrogens is 3. The van der Waals surface area contributed by atoms with Crippen LogP contribution < -0.4 is 10.6 Å². The van der Waals surface area contributed by atoms with Crippen LogP contribution in [0.25, 0.3) is 28.1 Å². The smallest absolute Gasteiger partial charge is 0.332 e. The Morgan fingerprint density at radius 3 is 2.18 bits per heavy atom. The normalized spacial score (nSPS) is 14.7. The number of anilines is 1. The van der Waals surface area contributed by atoms with E-state index in [2.05, 4.69) is 30.6 Å². The van der Waals surface area contributed by atoms with Gasteiger partial charge >= 0.3 is 5.69 Å². The van der Waals surface area contributed by atoms with Crippen LogP contribution in [0, 0.1) is 6.92 Å². The Morgan fingerprint density at radius 2 is 1.56 bits per heavy atom. The van der Waals surface area contributed by atoms with E-state index < -0.39 is 0 Å². The van der Waals surface area contributed by atoms with Crippen LogP contribution in [0.4, 0.5) is 5.69 Å². The lowest BCUT2D eigenvalue weighted by molar-refractivity contribution is 0.128. The minimum Gasteiger partial charge on any atom is -0.505 e. The molecule has 0 radical (unpaired) electrons. The fourth-order valence-electron chi connectivity index (χ4n) is 5.13. The molecule has 0 bridgehead atoms. The molecule has 1 aliphatic rings. The monoisotopic (exact) mass is 565 g/mol. The van der Waals surface area contributed by atoms with E-state index in [-0.39, 0.29) is 17.0 Å². The van der Waals surface area contributed by atoms with Crippen molar-refractivity contribution in [2.24, 2.45) is 7.05 Å². The van der Waals surface area contributed by atoms with Crippen molar-refractivity contribution in [1.29, 1.82) is 0 Å². The lowest BCUT2D eigenvalue weighted by Gasteiger charge is -2.43. The van der Waals surface area contributed by atoms with E-state index >= 15 is 0 Å². The summed E-state index contributed by atoms with van der Waals surface area (Å²) in [5.74, 6) is 0.0621. The minimum atomic E-state index is -0.187. The summed E-state index contributed by atoms with van der Waals surface area (Å²) in [4.78, 5) is 21.9. The van der Waals surface area contributed by atoms with E-state index in [4.69, 9.17) is 28.2 Å². The Balaban J connectivity index is 1.50. The summed E-state index contributed by atoms with van der Waals surface area (Å²) in [6, 6.07) is 13.0. The molecule has 0 amide bonds. The highest BCUT2D eigenvalue weighted by molar-refractivity contribution is 6.33. The average molecular weight is 567 g/mol. The summed E-state index contributed by atoms with van der Waals surface area (Å²) < 4.78 is 2.98. The van der Waals surface area contributed by atoms with Gasteiger partial charge < -0.3 is 14.6 Å². The first-order chi connectivity index (χ1) is 18.4. The molecule has 5 rings (SSSR count). The summed E-state index contributed by atoms with van der Waals surface area (Å²) >= 11 is 13.3. The van der Waals surface area contributed by atoms with Crippen LogP contribution in [-0.4, -0.2) is 55.8 Å². The van der Waals surface area contributed by atoms with Crippen LogP contribution in [0.15, 0.2) is 59.7 Å². The lowest BCUT2D eigenvalue weighted by Crippen LogP contribution is -2.53. The van der Waals surface area contributed by atoms with Crippen LogP contribution in [0.2, 0.25) is 10.0 Å². The minimum absolute atomic E-state index is 0.0621. The molecule has 1 N–H and O–H groups in total. The molecular formula is C30H33Cl2N5O2. The molecule has 4 aromatic rings. The number of hydrogen-bond donors (Lipinski definition) is 1. The fraction of sp³-hybridized carbons (Fsp3) is 0.333. The van der Waals surface area contributed by atoms with Crippen LogP contribution >= 0.6 is 23.2 Å². The quantitative estimate of drug-likeness (QED) is 0.321. The number of aromatic hydroxyl groups is 1. The predicted octanol–water partition coefficient (Wildman–Crippen LogP) is 6.15. The molecule has 39 heavy (non-hydrogen) atoms. The fourth-order valence-corrected chi connectivity index (χ4v) is 5.63. The maximum atomic E-state index is 12.4. The highest BCUT2D eigenvalue weighted by atomic mass is 35.5. The second kappa shape index (κ2) is 10.4. The summed E-state index contributed by atoms with van der Waals surface area (Å²) in [7, 11) is 1.69. The number of rotatable bonds is 4. The maximum Gasteiger partial charge on any atom is 0.332 e. The van der Waals surface area contributed by atoms with Crippen LogP contribution in [0.1, 0.15) is 26.5 Å². The van der Waals surface area contributed by atoms with Gasteiger partial charge in [-0.15, -0.1) is 0 Å². The predicted molar refractivity (Wildman–Crippen MR) is 160 cm³/mol. The van der Waals surface area contributed by atoms with Crippen molar-refractivity contribution in [3.05, 3.63) is 81.1 Å². The molecule has 3 heterocycles. The van der Waals surface area contributed by atoms with Gasteiger partial charge in [0.15, 0.2) is 0 Å². The summed E-state index contributed by atoms with van der Waals surface area (Å²) in [5, 5.41) is 12.5. The molecule has 0 saturated carbocycles. The zero-order valence-electron chi connectivity index (χ0n) is 22.9. The first-order valence-electron chi connectivity index (χ1n) is 13.0. The molecule has 7 nitrogen and oxygen atoms in total. The Morgan fingerprint density at radius 1 is 0.872 bits per heavy atom. The van der Waals surface area contributed by atoms with Crippen molar-refractivity contribution in [2.75, 3.05) is 31.1 Å². The molecule has 2 aromatic carbocycles. The first kappa shape index (κ1) is 27.3. The zero-order chi connectivity index (χ0) is 28.1. The Labute approximate surface area is 238 Å². The number of halogens is 2. The molecule has 204 valence electrons. The van der Waals surface area contributed by atoms with Gasteiger partial charge in [0, 0.05) is 68.0 Å². The highest BCUT2D eigenvalue weighted by Crippen LogP contribution is 2.41. The number of hydrogen-bond acceptors (Lipinski definition) is 5. The molecule has 1 aliphatic heterocycles. The van der Waals surface area contributed by atoms with Gasteiger partial charge in [0.25, 0.3) is 0 Å². The van der Waals surface area contributed by atoms with Crippen LogP contribution in [-0.2, 0) is 7.05 Å². The van der Waals surface area contributed by atoms with Gasteiger partial charge in [0.1, 0.15) is 11.4 Å². The molecule has 9 heteroatoms. The Kier molecular flexibility index (Phi) is 7.27. The molecule has 0 unspecified atom stereocenters. The molecule has 0 aliphatic carbocycles. The summed E-state index contributed by atoms with van der Waals surface area (Å²) in [5.41, 5.74) is 4.82. The number of pyridine rings is 1. The second-order valence-corrected chi connectivity index (χ2v) is 11.9. The van der Waals surface area contributed by atoms with Crippen LogP contribution in [0.5, 0.6) is 5.75 Å².